The molecule has 0 aromatic carbocycles. The first-order valence-electron chi connectivity index (χ1n) is 7.10. The van der Waals surface area contributed by atoms with Gasteiger partial charge < -0.3 is 15.4 Å². The first-order valence-corrected chi connectivity index (χ1v) is 7.10. The van der Waals surface area contributed by atoms with E-state index in [1.54, 1.807) is 7.11 Å². The minimum atomic E-state index is -0.476. The van der Waals surface area contributed by atoms with Gasteiger partial charge in [0.25, 0.3) is 0 Å². The van der Waals surface area contributed by atoms with Gasteiger partial charge in [-0.25, -0.2) is 4.79 Å². The number of nitrogens with zero attached hydrogens (tertiary/aromatic N) is 1. The molecule has 7 nitrogen and oxygen atoms in total. The third kappa shape index (κ3) is 7.42. The zero-order chi connectivity index (χ0) is 14.8. The van der Waals surface area contributed by atoms with E-state index >= 15 is 0 Å². The molecule has 1 fully saturated rings. The summed E-state index contributed by atoms with van der Waals surface area (Å²) >= 11 is 0. The van der Waals surface area contributed by atoms with Gasteiger partial charge in [0.1, 0.15) is 0 Å². The zero-order valence-corrected chi connectivity index (χ0v) is 12.4. The van der Waals surface area contributed by atoms with E-state index in [1.807, 2.05) is 11.9 Å². The Morgan fingerprint density at radius 1 is 1.40 bits per heavy atom. The van der Waals surface area contributed by atoms with Crippen LogP contribution in [-0.4, -0.2) is 69.8 Å². The van der Waals surface area contributed by atoms with Gasteiger partial charge in [0.15, 0.2) is 0 Å². The van der Waals surface area contributed by atoms with Gasteiger partial charge in [-0.05, 0) is 26.4 Å². The summed E-state index contributed by atoms with van der Waals surface area (Å²) in [6, 6.07) is -0.0340. The van der Waals surface area contributed by atoms with E-state index in [4.69, 9.17) is 4.74 Å². The maximum Gasteiger partial charge on any atom is 0.321 e. The molecule has 0 bridgehead atoms. The lowest BCUT2D eigenvalue weighted by molar-refractivity contribution is -0.120. The predicted octanol–water partition coefficient (Wildman–Crippen LogP) is -0.467. The van der Waals surface area contributed by atoms with Crippen molar-refractivity contribution in [3.63, 3.8) is 0 Å². The van der Waals surface area contributed by atoms with Crippen molar-refractivity contribution in [2.45, 2.75) is 25.3 Å². The zero-order valence-electron chi connectivity index (χ0n) is 12.4. The van der Waals surface area contributed by atoms with Gasteiger partial charge in [-0.1, -0.05) is 6.42 Å². The van der Waals surface area contributed by atoms with Crippen LogP contribution in [0.15, 0.2) is 0 Å². The molecular weight excluding hydrogens is 260 g/mol. The van der Waals surface area contributed by atoms with Crippen LogP contribution in [0, 0.1) is 0 Å². The average molecular weight is 286 g/mol. The number of hydrogen-bond acceptors (Lipinski definition) is 5. The standard InChI is InChI=1S/C13H26N4O3/c1-17(9-11-5-3-4-6-14-11)10-12(18)16-13(19)15-7-8-20-2/h11,14H,3-10H2,1-2H3,(H2,15,16,18,19). The number of imide groups is 1. The molecule has 1 atom stereocenters. The van der Waals surface area contributed by atoms with Crippen LogP contribution in [-0.2, 0) is 9.53 Å². The van der Waals surface area contributed by atoms with Crippen LogP contribution >= 0.6 is 0 Å². The summed E-state index contributed by atoms with van der Waals surface area (Å²) in [5.74, 6) is -0.293. The molecule has 7 heteroatoms. The summed E-state index contributed by atoms with van der Waals surface area (Å²) in [5.41, 5.74) is 0. The van der Waals surface area contributed by atoms with Gasteiger partial charge in [0.2, 0.25) is 5.91 Å². The average Bonchev–Trinajstić information content (AvgIpc) is 2.39. The summed E-state index contributed by atoms with van der Waals surface area (Å²) in [6.07, 6.45) is 3.60. The second-order valence-electron chi connectivity index (χ2n) is 5.14. The Kier molecular flexibility index (Phi) is 8.17. The van der Waals surface area contributed by atoms with Gasteiger partial charge in [0, 0.05) is 26.2 Å². The molecule has 1 rings (SSSR count). The summed E-state index contributed by atoms with van der Waals surface area (Å²) in [7, 11) is 3.44. The third-order valence-electron chi connectivity index (χ3n) is 3.20. The fraction of sp³-hybridized carbons (Fsp3) is 0.846. The molecule has 3 amide bonds. The second kappa shape index (κ2) is 9.68. The second-order valence-corrected chi connectivity index (χ2v) is 5.14. The van der Waals surface area contributed by atoms with Crippen LogP contribution in [0.5, 0.6) is 0 Å². The molecule has 1 aliphatic rings. The lowest BCUT2D eigenvalue weighted by Gasteiger charge is -2.27. The quantitative estimate of drug-likeness (QED) is 0.551. The van der Waals surface area contributed by atoms with Crippen LogP contribution in [0.3, 0.4) is 0 Å². The van der Waals surface area contributed by atoms with Crippen molar-refractivity contribution in [2.24, 2.45) is 0 Å². The van der Waals surface area contributed by atoms with Crippen molar-refractivity contribution in [3.8, 4) is 0 Å². The number of methoxy groups -OCH3 is 1. The Labute approximate surface area is 120 Å². The number of carbonyl (C=O) groups excluding carboxylic acids is 2. The molecule has 0 aromatic heterocycles. The highest BCUT2D eigenvalue weighted by Crippen LogP contribution is 2.07. The van der Waals surface area contributed by atoms with Crippen molar-refractivity contribution in [1.29, 1.82) is 0 Å². The molecule has 0 spiro atoms. The molecule has 0 saturated carbocycles. The summed E-state index contributed by atoms with van der Waals surface area (Å²) in [6.45, 7) is 2.90. The van der Waals surface area contributed by atoms with Gasteiger partial charge in [-0.3, -0.25) is 15.0 Å². The molecule has 0 aliphatic carbocycles. The molecule has 0 aromatic rings. The van der Waals surface area contributed by atoms with E-state index in [2.05, 4.69) is 16.0 Å². The minimum Gasteiger partial charge on any atom is -0.383 e. The van der Waals surface area contributed by atoms with Crippen LogP contribution in [0.25, 0.3) is 0 Å². The Hall–Kier alpha value is -1.18. The first kappa shape index (κ1) is 16.9. The van der Waals surface area contributed by atoms with E-state index < -0.39 is 6.03 Å². The third-order valence-corrected chi connectivity index (χ3v) is 3.20. The molecular formula is C13H26N4O3. The maximum absolute atomic E-state index is 11.7. The van der Waals surface area contributed by atoms with E-state index in [-0.39, 0.29) is 12.5 Å². The highest BCUT2D eigenvalue weighted by molar-refractivity contribution is 5.95. The van der Waals surface area contributed by atoms with Crippen molar-refractivity contribution in [2.75, 3.05) is 46.9 Å². The van der Waals surface area contributed by atoms with Gasteiger partial charge >= 0.3 is 6.03 Å². The molecule has 1 saturated heterocycles. The Bertz CT molecular complexity index is 306. The minimum absolute atomic E-state index is 0.218. The molecule has 0 radical (unpaired) electrons. The number of likely N-dealkylation sites (N-methyl/N-ethyl adjacent to an activating group) is 1. The Balaban J connectivity index is 2.15. The van der Waals surface area contributed by atoms with Gasteiger partial charge in [-0.15, -0.1) is 0 Å². The summed E-state index contributed by atoms with van der Waals surface area (Å²) in [5, 5.41) is 8.27. The fourth-order valence-corrected chi connectivity index (χ4v) is 2.24. The monoisotopic (exact) mass is 286 g/mol. The molecule has 20 heavy (non-hydrogen) atoms. The molecule has 3 N–H and O–H groups in total. The van der Waals surface area contributed by atoms with E-state index in [0.29, 0.717) is 19.2 Å². The summed E-state index contributed by atoms with van der Waals surface area (Å²) in [4.78, 5) is 25.0. The number of rotatable bonds is 7. The van der Waals surface area contributed by atoms with Crippen LogP contribution in [0.4, 0.5) is 4.79 Å². The van der Waals surface area contributed by atoms with E-state index in [9.17, 15) is 9.59 Å². The lowest BCUT2D eigenvalue weighted by atomic mass is 10.0. The molecule has 1 unspecified atom stereocenters. The normalized spacial score (nSPS) is 18.9. The van der Waals surface area contributed by atoms with Crippen molar-refractivity contribution in [3.05, 3.63) is 0 Å². The number of carbonyl (C=O) groups is 2. The fourth-order valence-electron chi connectivity index (χ4n) is 2.24. The number of nitrogens with one attached hydrogen (secondary N) is 3. The first-order chi connectivity index (χ1) is 9.61. The molecule has 1 heterocycles. The van der Waals surface area contributed by atoms with E-state index in [1.165, 1.54) is 12.8 Å². The number of piperidine rings is 1. The predicted molar refractivity (Wildman–Crippen MR) is 76.6 cm³/mol. The van der Waals surface area contributed by atoms with Gasteiger partial charge in [-0.2, -0.15) is 0 Å². The Morgan fingerprint density at radius 2 is 2.20 bits per heavy atom. The van der Waals surface area contributed by atoms with Crippen molar-refractivity contribution >= 4 is 11.9 Å². The van der Waals surface area contributed by atoms with Crippen LogP contribution < -0.4 is 16.0 Å². The molecule has 116 valence electrons. The topological polar surface area (TPSA) is 82.7 Å². The molecule has 1 aliphatic heterocycles. The highest BCUT2D eigenvalue weighted by atomic mass is 16.5. The largest absolute Gasteiger partial charge is 0.383 e. The van der Waals surface area contributed by atoms with E-state index in [0.717, 1.165) is 19.5 Å². The maximum atomic E-state index is 11.7. The van der Waals surface area contributed by atoms with Crippen LogP contribution in [0.2, 0.25) is 0 Å². The number of hydrogen-bond donors (Lipinski definition) is 3. The number of ether oxygens (including phenoxy) is 1. The van der Waals surface area contributed by atoms with Crippen LogP contribution in [0.1, 0.15) is 19.3 Å². The van der Waals surface area contributed by atoms with Crippen molar-refractivity contribution < 1.29 is 14.3 Å². The van der Waals surface area contributed by atoms with Crippen molar-refractivity contribution in [1.82, 2.24) is 20.9 Å². The summed E-state index contributed by atoms with van der Waals surface area (Å²) < 4.78 is 4.80. The van der Waals surface area contributed by atoms with Gasteiger partial charge in [0.05, 0.1) is 13.2 Å². The SMILES string of the molecule is COCCNC(=O)NC(=O)CN(C)CC1CCCCN1. The lowest BCUT2D eigenvalue weighted by Crippen LogP contribution is -2.47. The Morgan fingerprint density at radius 3 is 2.85 bits per heavy atom. The highest BCUT2D eigenvalue weighted by Gasteiger charge is 2.16. The number of amides is 3. The smallest absolute Gasteiger partial charge is 0.321 e. The number of urea groups is 1.